The maximum absolute atomic E-state index is 4.30. The van der Waals surface area contributed by atoms with Gasteiger partial charge in [0.25, 0.3) is 0 Å². The van der Waals surface area contributed by atoms with Crippen LogP contribution in [0.5, 0.6) is 0 Å². The average Bonchev–Trinajstić information content (AvgIpc) is 2.60. The maximum Gasteiger partial charge on any atom is 0.0963 e. The lowest BCUT2D eigenvalue weighted by molar-refractivity contribution is 0.682. The molecule has 0 radical (unpaired) electrons. The van der Waals surface area contributed by atoms with Crippen molar-refractivity contribution in [1.82, 2.24) is 9.55 Å². The van der Waals surface area contributed by atoms with Crippen molar-refractivity contribution >= 4 is 11.0 Å². The number of imidazole rings is 1. The SMILES string of the molecule is C=CC(C)n1cnc2ccccc21. The van der Waals surface area contributed by atoms with E-state index in [-0.39, 0.29) is 0 Å². The van der Waals surface area contributed by atoms with Crippen LogP contribution in [0.3, 0.4) is 0 Å². The maximum atomic E-state index is 4.30. The Bertz CT molecular complexity index is 428. The van der Waals surface area contributed by atoms with Crippen molar-refractivity contribution in [2.24, 2.45) is 0 Å². The summed E-state index contributed by atoms with van der Waals surface area (Å²) in [7, 11) is 0. The number of allylic oxidation sites excluding steroid dienone is 1. The number of hydrogen-bond acceptors (Lipinski definition) is 1. The highest BCUT2D eigenvalue weighted by molar-refractivity contribution is 5.75. The molecule has 66 valence electrons. The standard InChI is InChI=1S/C11H12N2/c1-3-9(2)13-8-12-10-6-4-5-7-11(10)13/h3-9H,1H2,2H3. The molecule has 1 unspecified atom stereocenters. The van der Waals surface area contributed by atoms with Gasteiger partial charge in [-0.1, -0.05) is 18.2 Å². The third-order valence-electron chi connectivity index (χ3n) is 2.26. The molecule has 0 spiro atoms. The van der Waals surface area contributed by atoms with Crippen LogP contribution in [0.4, 0.5) is 0 Å². The molecule has 0 bridgehead atoms. The topological polar surface area (TPSA) is 17.8 Å². The fourth-order valence-electron chi connectivity index (χ4n) is 1.42. The fourth-order valence-corrected chi connectivity index (χ4v) is 1.42. The minimum atomic E-state index is 0.299. The smallest absolute Gasteiger partial charge is 0.0963 e. The van der Waals surface area contributed by atoms with Crippen LogP contribution in [-0.4, -0.2) is 9.55 Å². The van der Waals surface area contributed by atoms with Gasteiger partial charge >= 0.3 is 0 Å². The molecule has 0 saturated carbocycles. The van der Waals surface area contributed by atoms with E-state index in [0.29, 0.717) is 6.04 Å². The van der Waals surface area contributed by atoms with Crippen LogP contribution >= 0.6 is 0 Å². The Morgan fingerprint density at radius 2 is 2.23 bits per heavy atom. The molecule has 1 aromatic heterocycles. The van der Waals surface area contributed by atoms with Crippen molar-refractivity contribution in [3.05, 3.63) is 43.2 Å². The first-order chi connectivity index (χ1) is 6.33. The highest BCUT2D eigenvalue weighted by Gasteiger charge is 2.04. The Hall–Kier alpha value is -1.57. The van der Waals surface area contributed by atoms with Crippen molar-refractivity contribution in [2.45, 2.75) is 13.0 Å². The first-order valence-corrected chi connectivity index (χ1v) is 4.37. The minimum Gasteiger partial charge on any atom is -0.324 e. The van der Waals surface area contributed by atoms with E-state index in [9.17, 15) is 0 Å². The lowest BCUT2D eigenvalue weighted by Crippen LogP contribution is -1.98. The summed E-state index contributed by atoms with van der Waals surface area (Å²) < 4.78 is 2.11. The van der Waals surface area contributed by atoms with Gasteiger partial charge in [0.1, 0.15) is 0 Å². The molecule has 2 aromatic rings. The molecular weight excluding hydrogens is 160 g/mol. The van der Waals surface area contributed by atoms with Gasteiger partial charge in [-0.05, 0) is 19.1 Å². The molecule has 2 nitrogen and oxygen atoms in total. The van der Waals surface area contributed by atoms with Crippen LogP contribution in [0.25, 0.3) is 11.0 Å². The van der Waals surface area contributed by atoms with Crippen LogP contribution in [-0.2, 0) is 0 Å². The summed E-state index contributed by atoms with van der Waals surface area (Å²) in [4.78, 5) is 4.30. The fraction of sp³-hybridized carbons (Fsp3) is 0.182. The van der Waals surface area contributed by atoms with Gasteiger partial charge < -0.3 is 4.57 Å². The number of fused-ring (bicyclic) bond motifs is 1. The highest BCUT2D eigenvalue weighted by Crippen LogP contribution is 2.17. The lowest BCUT2D eigenvalue weighted by atomic mass is 10.3. The molecule has 0 N–H and O–H groups in total. The molecule has 0 aliphatic rings. The van der Waals surface area contributed by atoms with Gasteiger partial charge in [0.05, 0.1) is 23.4 Å². The van der Waals surface area contributed by atoms with Crippen molar-refractivity contribution < 1.29 is 0 Å². The van der Waals surface area contributed by atoms with Gasteiger partial charge in [-0.2, -0.15) is 0 Å². The average molecular weight is 172 g/mol. The van der Waals surface area contributed by atoms with E-state index in [4.69, 9.17) is 0 Å². The van der Waals surface area contributed by atoms with Gasteiger partial charge in [0, 0.05) is 0 Å². The number of para-hydroxylation sites is 2. The van der Waals surface area contributed by atoms with E-state index >= 15 is 0 Å². The van der Waals surface area contributed by atoms with E-state index < -0.39 is 0 Å². The van der Waals surface area contributed by atoms with Crippen molar-refractivity contribution in [3.63, 3.8) is 0 Å². The van der Waals surface area contributed by atoms with E-state index in [1.165, 1.54) is 0 Å². The van der Waals surface area contributed by atoms with E-state index in [2.05, 4.69) is 29.1 Å². The second kappa shape index (κ2) is 3.05. The number of aromatic nitrogens is 2. The Kier molecular flexibility index (Phi) is 1.89. The van der Waals surface area contributed by atoms with Gasteiger partial charge in [0.2, 0.25) is 0 Å². The Balaban J connectivity index is 2.64. The lowest BCUT2D eigenvalue weighted by Gasteiger charge is -2.08. The van der Waals surface area contributed by atoms with E-state index in [1.807, 2.05) is 30.6 Å². The molecule has 0 aliphatic heterocycles. The molecule has 2 rings (SSSR count). The Morgan fingerprint density at radius 1 is 1.46 bits per heavy atom. The summed E-state index contributed by atoms with van der Waals surface area (Å²) in [5, 5.41) is 0. The molecular formula is C11H12N2. The van der Waals surface area contributed by atoms with Crippen molar-refractivity contribution in [2.75, 3.05) is 0 Å². The monoisotopic (exact) mass is 172 g/mol. The van der Waals surface area contributed by atoms with Crippen LogP contribution < -0.4 is 0 Å². The predicted molar refractivity (Wildman–Crippen MR) is 54.6 cm³/mol. The molecule has 0 amide bonds. The third kappa shape index (κ3) is 1.24. The van der Waals surface area contributed by atoms with Gasteiger partial charge in [0.15, 0.2) is 0 Å². The molecule has 1 heterocycles. The zero-order valence-corrected chi connectivity index (χ0v) is 7.64. The molecule has 1 atom stereocenters. The number of benzene rings is 1. The number of rotatable bonds is 2. The van der Waals surface area contributed by atoms with Crippen LogP contribution in [0.1, 0.15) is 13.0 Å². The summed E-state index contributed by atoms with van der Waals surface area (Å²) in [5.41, 5.74) is 2.20. The second-order valence-electron chi connectivity index (χ2n) is 3.12. The van der Waals surface area contributed by atoms with Crippen LogP contribution in [0.15, 0.2) is 43.2 Å². The summed E-state index contributed by atoms with van der Waals surface area (Å²) in [5.74, 6) is 0. The Morgan fingerprint density at radius 3 is 3.00 bits per heavy atom. The number of hydrogen-bond donors (Lipinski definition) is 0. The summed E-state index contributed by atoms with van der Waals surface area (Å²) in [6.45, 7) is 5.87. The molecule has 13 heavy (non-hydrogen) atoms. The minimum absolute atomic E-state index is 0.299. The molecule has 1 aromatic carbocycles. The predicted octanol–water partition coefficient (Wildman–Crippen LogP) is 2.78. The third-order valence-corrected chi connectivity index (χ3v) is 2.26. The first kappa shape index (κ1) is 8.05. The summed E-state index contributed by atoms with van der Waals surface area (Å²) >= 11 is 0. The number of nitrogens with zero attached hydrogens (tertiary/aromatic N) is 2. The summed E-state index contributed by atoms with van der Waals surface area (Å²) in [6, 6.07) is 8.41. The van der Waals surface area contributed by atoms with Gasteiger partial charge in [-0.15, -0.1) is 6.58 Å². The van der Waals surface area contributed by atoms with Crippen LogP contribution in [0.2, 0.25) is 0 Å². The summed E-state index contributed by atoms with van der Waals surface area (Å²) in [6.07, 6.45) is 3.77. The second-order valence-corrected chi connectivity index (χ2v) is 3.12. The zero-order chi connectivity index (χ0) is 9.26. The van der Waals surface area contributed by atoms with Crippen molar-refractivity contribution in [3.8, 4) is 0 Å². The van der Waals surface area contributed by atoms with Crippen LogP contribution in [0, 0.1) is 0 Å². The van der Waals surface area contributed by atoms with E-state index in [1.54, 1.807) is 0 Å². The molecule has 0 saturated heterocycles. The first-order valence-electron chi connectivity index (χ1n) is 4.37. The Labute approximate surface area is 77.5 Å². The normalized spacial score (nSPS) is 13.0. The van der Waals surface area contributed by atoms with Crippen molar-refractivity contribution in [1.29, 1.82) is 0 Å². The molecule has 0 fully saturated rings. The van der Waals surface area contributed by atoms with E-state index in [0.717, 1.165) is 11.0 Å². The highest BCUT2D eigenvalue weighted by atomic mass is 15.1. The zero-order valence-electron chi connectivity index (χ0n) is 7.64. The quantitative estimate of drug-likeness (QED) is 0.637. The molecule has 0 aliphatic carbocycles. The largest absolute Gasteiger partial charge is 0.324 e. The van der Waals surface area contributed by atoms with Gasteiger partial charge in [-0.3, -0.25) is 0 Å². The van der Waals surface area contributed by atoms with Gasteiger partial charge in [-0.25, -0.2) is 4.98 Å². The molecule has 2 heteroatoms.